The van der Waals surface area contributed by atoms with Gasteiger partial charge in [-0.3, -0.25) is 0 Å². The molecule has 2 heteroatoms. The highest BCUT2D eigenvalue weighted by atomic mass is 28.3. The minimum Gasteiger partial charge on any atom is -0.326 e. The molecule has 14 heavy (non-hydrogen) atoms. The molecule has 0 N–H and O–H groups in total. The quantitative estimate of drug-likeness (QED) is 0.633. The van der Waals surface area contributed by atoms with E-state index in [4.69, 9.17) is 0 Å². The van der Waals surface area contributed by atoms with Gasteiger partial charge in [-0.25, -0.2) is 0 Å². The summed E-state index contributed by atoms with van der Waals surface area (Å²) in [6, 6.07) is 0. The van der Waals surface area contributed by atoms with Gasteiger partial charge in [-0.2, -0.15) is 0 Å². The Morgan fingerprint density at radius 2 is 1.50 bits per heavy atom. The van der Waals surface area contributed by atoms with Crippen LogP contribution in [0.1, 0.15) is 54.9 Å². The molecule has 0 spiro atoms. The van der Waals surface area contributed by atoms with Crippen molar-refractivity contribution in [3.8, 4) is 0 Å². The summed E-state index contributed by atoms with van der Waals surface area (Å²) in [7, 11) is -0.798. The summed E-state index contributed by atoms with van der Waals surface area (Å²) in [5.74, 6) is 0. The molecule has 0 aliphatic rings. The zero-order valence-electron chi connectivity index (χ0n) is 11.2. The Kier molecular flexibility index (Phi) is 5.99. The maximum Gasteiger partial charge on any atom is 0.120 e. The molecule has 0 saturated heterocycles. The lowest BCUT2D eigenvalue weighted by atomic mass is 10.2. The molecule has 0 aromatic carbocycles. The molecule has 0 saturated carbocycles. The first kappa shape index (κ1) is 14.2. The summed E-state index contributed by atoms with van der Waals surface area (Å²) in [5.41, 5.74) is 0.926. The van der Waals surface area contributed by atoms with Gasteiger partial charge in [0.05, 0.1) is 0 Å². The van der Waals surface area contributed by atoms with Gasteiger partial charge in [-0.05, 0) is 23.7 Å². The van der Waals surface area contributed by atoms with Gasteiger partial charge < -0.3 is 4.57 Å². The van der Waals surface area contributed by atoms with Gasteiger partial charge in [0.1, 0.15) is 8.96 Å². The van der Waals surface area contributed by atoms with Crippen molar-refractivity contribution in [2.24, 2.45) is 0 Å². The largest absolute Gasteiger partial charge is 0.326 e. The Labute approximate surface area is 92.6 Å². The second-order valence-electron chi connectivity index (χ2n) is 5.42. The van der Waals surface area contributed by atoms with E-state index in [1.165, 1.54) is 19.5 Å². The van der Waals surface area contributed by atoms with Crippen LogP contribution in [0, 0.1) is 0 Å². The van der Waals surface area contributed by atoms with Crippen molar-refractivity contribution < 1.29 is 0 Å². The van der Waals surface area contributed by atoms with Crippen LogP contribution in [0.3, 0.4) is 0 Å². The van der Waals surface area contributed by atoms with Crippen LogP contribution >= 0.6 is 0 Å². The SMILES string of the molecule is CCC(C)[SiH](N(CC)CC)C(C)(C)C. The van der Waals surface area contributed by atoms with Gasteiger partial charge in [0.2, 0.25) is 0 Å². The van der Waals surface area contributed by atoms with Crippen LogP contribution in [0.2, 0.25) is 10.6 Å². The maximum atomic E-state index is 2.74. The second-order valence-corrected chi connectivity index (χ2v) is 9.91. The first-order chi connectivity index (χ1) is 6.38. The maximum absolute atomic E-state index is 2.74. The summed E-state index contributed by atoms with van der Waals surface area (Å²) in [6.45, 7) is 19.1. The number of rotatable bonds is 5. The van der Waals surface area contributed by atoms with E-state index in [0.29, 0.717) is 5.04 Å². The molecular weight excluding hydrogens is 186 g/mol. The van der Waals surface area contributed by atoms with Crippen molar-refractivity contribution in [1.29, 1.82) is 0 Å². The van der Waals surface area contributed by atoms with E-state index in [0.717, 1.165) is 5.54 Å². The molecule has 0 rings (SSSR count). The van der Waals surface area contributed by atoms with E-state index < -0.39 is 8.96 Å². The summed E-state index contributed by atoms with van der Waals surface area (Å²) in [4.78, 5) is 0. The Morgan fingerprint density at radius 1 is 1.07 bits per heavy atom. The Hall–Kier alpha value is 0.177. The molecule has 86 valence electrons. The van der Waals surface area contributed by atoms with E-state index in [2.05, 4.69) is 53.0 Å². The van der Waals surface area contributed by atoms with Gasteiger partial charge in [0.15, 0.2) is 0 Å². The second kappa shape index (κ2) is 5.91. The molecule has 0 heterocycles. The fraction of sp³-hybridized carbons (Fsp3) is 1.00. The molecular formula is C12H29NSi. The third kappa shape index (κ3) is 3.74. The van der Waals surface area contributed by atoms with Crippen LogP contribution in [-0.4, -0.2) is 26.6 Å². The predicted molar refractivity (Wildman–Crippen MR) is 69.5 cm³/mol. The van der Waals surface area contributed by atoms with Crippen molar-refractivity contribution in [3.63, 3.8) is 0 Å². The van der Waals surface area contributed by atoms with Crippen LogP contribution < -0.4 is 0 Å². The molecule has 0 fully saturated rings. The van der Waals surface area contributed by atoms with E-state index in [-0.39, 0.29) is 0 Å². The summed E-state index contributed by atoms with van der Waals surface area (Å²) in [5, 5.41) is 0.529. The van der Waals surface area contributed by atoms with Crippen LogP contribution in [0.4, 0.5) is 0 Å². The van der Waals surface area contributed by atoms with Crippen molar-refractivity contribution in [1.82, 2.24) is 4.57 Å². The summed E-state index contributed by atoms with van der Waals surface area (Å²) < 4.78 is 2.74. The molecule has 0 aliphatic heterocycles. The average molecular weight is 215 g/mol. The normalized spacial score (nSPS) is 17.1. The fourth-order valence-corrected chi connectivity index (χ4v) is 7.36. The molecule has 0 radical (unpaired) electrons. The lowest BCUT2D eigenvalue weighted by molar-refractivity contribution is 0.437. The Morgan fingerprint density at radius 3 is 1.71 bits per heavy atom. The minimum atomic E-state index is -0.798. The number of hydrogen-bond donors (Lipinski definition) is 0. The zero-order chi connectivity index (χ0) is 11.4. The van der Waals surface area contributed by atoms with Crippen LogP contribution in [0.5, 0.6) is 0 Å². The van der Waals surface area contributed by atoms with Gasteiger partial charge in [-0.15, -0.1) is 0 Å². The third-order valence-electron chi connectivity index (χ3n) is 3.28. The zero-order valence-corrected chi connectivity index (χ0v) is 12.4. The highest BCUT2D eigenvalue weighted by Gasteiger charge is 2.34. The molecule has 1 nitrogen and oxygen atoms in total. The Balaban J connectivity index is 4.70. The van der Waals surface area contributed by atoms with Crippen molar-refractivity contribution in [2.75, 3.05) is 13.1 Å². The smallest absolute Gasteiger partial charge is 0.120 e. The van der Waals surface area contributed by atoms with E-state index in [9.17, 15) is 0 Å². The van der Waals surface area contributed by atoms with Crippen LogP contribution in [0.15, 0.2) is 0 Å². The van der Waals surface area contributed by atoms with Gasteiger partial charge in [0, 0.05) is 0 Å². The summed E-state index contributed by atoms with van der Waals surface area (Å²) in [6.07, 6.45) is 1.34. The monoisotopic (exact) mass is 215 g/mol. The fourth-order valence-electron chi connectivity index (χ4n) is 2.60. The minimum absolute atomic E-state index is 0.529. The molecule has 0 amide bonds. The van der Waals surface area contributed by atoms with E-state index >= 15 is 0 Å². The standard InChI is InChI=1S/C12H29NSi/c1-8-11(4)14(12(5,6)7)13(9-2)10-3/h11,14H,8-10H2,1-7H3. The van der Waals surface area contributed by atoms with Crippen LogP contribution in [-0.2, 0) is 0 Å². The van der Waals surface area contributed by atoms with Crippen molar-refractivity contribution in [2.45, 2.75) is 65.5 Å². The highest BCUT2D eigenvalue weighted by Crippen LogP contribution is 2.36. The highest BCUT2D eigenvalue weighted by molar-refractivity contribution is 6.60. The van der Waals surface area contributed by atoms with Gasteiger partial charge in [0.25, 0.3) is 0 Å². The number of hydrogen-bond acceptors (Lipinski definition) is 1. The molecule has 0 bridgehead atoms. The summed E-state index contributed by atoms with van der Waals surface area (Å²) >= 11 is 0. The van der Waals surface area contributed by atoms with Crippen LogP contribution in [0.25, 0.3) is 0 Å². The first-order valence-electron chi connectivity index (χ1n) is 6.12. The molecule has 0 aromatic rings. The average Bonchev–Trinajstić information content (AvgIpc) is 2.10. The predicted octanol–water partition coefficient (Wildman–Crippen LogP) is 3.65. The third-order valence-corrected chi connectivity index (χ3v) is 8.12. The van der Waals surface area contributed by atoms with Crippen molar-refractivity contribution >= 4 is 8.96 Å². The van der Waals surface area contributed by atoms with Crippen molar-refractivity contribution in [3.05, 3.63) is 0 Å². The van der Waals surface area contributed by atoms with Gasteiger partial charge in [-0.1, -0.05) is 54.9 Å². The van der Waals surface area contributed by atoms with E-state index in [1.807, 2.05) is 0 Å². The van der Waals surface area contributed by atoms with E-state index in [1.54, 1.807) is 0 Å². The lowest BCUT2D eigenvalue weighted by Gasteiger charge is -2.41. The topological polar surface area (TPSA) is 3.24 Å². The molecule has 0 aliphatic carbocycles. The Bertz CT molecular complexity index is 147. The first-order valence-corrected chi connectivity index (χ1v) is 7.88. The number of nitrogens with zero attached hydrogens (tertiary/aromatic N) is 1. The molecule has 0 aromatic heterocycles. The molecule has 2 atom stereocenters. The van der Waals surface area contributed by atoms with Gasteiger partial charge >= 0.3 is 0 Å². The lowest BCUT2D eigenvalue weighted by Crippen LogP contribution is -2.47. The molecule has 2 unspecified atom stereocenters.